The van der Waals surface area contributed by atoms with Gasteiger partial charge in [0.05, 0.1) is 4.90 Å². The zero-order chi connectivity index (χ0) is 25.3. The number of nitrogens with zero attached hydrogens (tertiary/aromatic N) is 2. The quantitative estimate of drug-likeness (QED) is 0.603. The van der Waals surface area contributed by atoms with Crippen molar-refractivity contribution in [2.45, 2.75) is 56.1 Å². The summed E-state index contributed by atoms with van der Waals surface area (Å²) < 4.78 is 28.5. The van der Waals surface area contributed by atoms with Crippen LogP contribution < -0.4 is 10.0 Å². The number of fused-ring (bicyclic) bond motifs is 1. The van der Waals surface area contributed by atoms with Crippen LogP contribution >= 0.6 is 11.6 Å². The molecule has 9 nitrogen and oxygen atoms in total. The number of hydrogen-bond acceptors (Lipinski definition) is 5. The molecule has 2 atom stereocenters. The third-order valence-electron chi connectivity index (χ3n) is 6.66. The Morgan fingerprint density at radius 3 is 2.37 bits per heavy atom. The van der Waals surface area contributed by atoms with E-state index in [9.17, 15) is 22.8 Å². The molecule has 0 unspecified atom stereocenters. The van der Waals surface area contributed by atoms with Crippen molar-refractivity contribution in [2.24, 2.45) is 0 Å². The molecule has 0 saturated carbocycles. The summed E-state index contributed by atoms with van der Waals surface area (Å²) in [5.74, 6) is -0.668. The Morgan fingerprint density at radius 1 is 1.03 bits per heavy atom. The molecule has 2 aromatic carbocycles. The zero-order valence-electron chi connectivity index (χ0n) is 19.7. The van der Waals surface area contributed by atoms with E-state index >= 15 is 0 Å². The number of rotatable bonds is 6. The smallest absolute Gasteiger partial charge is 0.245 e. The third-order valence-corrected chi connectivity index (χ3v) is 8.36. The van der Waals surface area contributed by atoms with Gasteiger partial charge in [-0.05, 0) is 61.2 Å². The Kier molecular flexibility index (Phi) is 7.35. The molecule has 4 rings (SSSR count). The van der Waals surface area contributed by atoms with Gasteiger partial charge in [0, 0.05) is 37.6 Å². The lowest BCUT2D eigenvalue weighted by atomic mass is 10.0. The molecule has 0 spiro atoms. The number of hydrogen-bond donors (Lipinski definition) is 2. The van der Waals surface area contributed by atoms with Crippen LogP contribution in [0.3, 0.4) is 0 Å². The van der Waals surface area contributed by atoms with Gasteiger partial charge >= 0.3 is 0 Å². The van der Waals surface area contributed by atoms with Crippen LogP contribution in [0.15, 0.2) is 41.3 Å². The van der Waals surface area contributed by atoms with Crippen molar-refractivity contribution in [3.8, 4) is 0 Å². The van der Waals surface area contributed by atoms with Crippen LogP contribution in [0.1, 0.15) is 33.1 Å². The summed E-state index contributed by atoms with van der Waals surface area (Å²) >= 11 is 6.00. The maximum atomic E-state index is 13.0. The highest BCUT2D eigenvalue weighted by Gasteiger charge is 2.40. The molecule has 0 aromatic heterocycles. The first kappa shape index (κ1) is 25.4. The minimum Gasteiger partial charge on any atom is -0.353 e. The SMILES string of the molecule is CC(=O)NC1CCN(C(=O)[C@H](C)N2CC[C@H](NS(=O)(=O)c3ccc4cc(Cl)ccc4c3)C2=O)CC1. The Hall–Kier alpha value is -2.69. The predicted octanol–water partition coefficient (Wildman–Crippen LogP) is 1.89. The summed E-state index contributed by atoms with van der Waals surface area (Å²) in [4.78, 5) is 40.5. The molecule has 2 N–H and O–H groups in total. The van der Waals surface area contributed by atoms with E-state index in [-0.39, 0.29) is 35.7 Å². The van der Waals surface area contributed by atoms with E-state index in [0.717, 1.165) is 10.8 Å². The Bertz CT molecular complexity index is 1260. The average Bonchev–Trinajstić information content (AvgIpc) is 3.17. The molecule has 2 heterocycles. The summed E-state index contributed by atoms with van der Waals surface area (Å²) in [5.41, 5.74) is 0. The van der Waals surface area contributed by atoms with Crippen molar-refractivity contribution < 1.29 is 22.8 Å². The van der Waals surface area contributed by atoms with E-state index < -0.39 is 28.0 Å². The van der Waals surface area contributed by atoms with Gasteiger partial charge in [0.1, 0.15) is 12.1 Å². The minimum atomic E-state index is -3.94. The first-order chi connectivity index (χ1) is 16.5. The van der Waals surface area contributed by atoms with E-state index in [2.05, 4.69) is 10.0 Å². The standard InChI is InChI=1S/C24H29ClN4O5S/c1-15(23(31)28-10-7-20(8-11-28)26-16(2)30)29-12-9-22(24(29)32)27-35(33,34)21-6-4-17-13-19(25)5-3-18(17)14-21/h3-6,13-15,20,22,27H,7-12H2,1-2H3,(H,26,30)/t15-,22-/m0/s1. The topological polar surface area (TPSA) is 116 Å². The molecule has 0 radical (unpaired) electrons. The molecule has 0 bridgehead atoms. The minimum absolute atomic E-state index is 0.0474. The predicted molar refractivity (Wildman–Crippen MR) is 132 cm³/mol. The Balaban J connectivity index is 1.38. The van der Waals surface area contributed by atoms with E-state index in [1.54, 1.807) is 42.2 Å². The van der Waals surface area contributed by atoms with Gasteiger partial charge in [-0.3, -0.25) is 14.4 Å². The number of carbonyl (C=O) groups excluding carboxylic acids is 3. The summed E-state index contributed by atoms with van der Waals surface area (Å²) in [7, 11) is -3.94. The van der Waals surface area contributed by atoms with Crippen molar-refractivity contribution in [3.63, 3.8) is 0 Å². The largest absolute Gasteiger partial charge is 0.353 e. The second-order valence-electron chi connectivity index (χ2n) is 9.12. The first-order valence-corrected chi connectivity index (χ1v) is 13.5. The molecule has 2 aliphatic rings. The fraction of sp³-hybridized carbons (Fsp3) is 0.458. The van der Waals surface area contributed by atoms with Crippen molar-refractivity contribution in [1.29, 1.82) is 0 Å². The molecule has 3 amide bonds. The molecule has 188 valence electrons. The van der Waals surface area contributed by atoms with Crippen LogP contribution in [0.2, 0.25) is 5.02 Å². The van der Waals surface area contributed by atoms with Crippen molar-refractivity contribution in [3.05, 3.63) is 41.4 Å². The molecule has 2 saturated heterocycles. The Labute approximate surface area is 209 Å². The van der Waals surface area contributed by atoms with Gasteiger partial charge in [-0.2, -0.15) is 4.72 Å². The molecule has 11 heteroatoms. The number of carbonyl (C=O) groups is 3. The summed E-state index contributed by atoms with van der Waals surface area (Å²) in [6.45, 7) is 4.43. The van der Waals surface area contributed by atoms with E-state index in [0.29, 0.717) is 31.0 Å². The lowest BCUT2D eigenvalue weighted by molar-refractivity contribution is -0.144. The van der Waals surface area contributed by atoms with E-state index in [4.69, 9.17) is 11.6 Å². The molecule has 35 heavy (non-hydrogen) atoms. The lowest BCUT2D eigenvalue weighted by Crippen LogP contribution is -2.53. The van der Waals surface area contributed by atoms with Gasteiger partial charge in [-0.1, -0.05) is 23.7 Å². The third kappa shape index (κ3) is 5.60. The van der Waals surface area contributed by atoms with Gasteiger partial charge in [0.25, 0.3) is 0 Å². The van der Waals surface area contributed by atoms with Crippen molar-refractivity contribution in [1.82, 2.24) is 19.8 Å². The van der Waals surface area contributed by atoms with Gasteiger partial charge in [-0.25, -0.2) is 8.42 Å². The summed E-state index contributed by atoms with van der Waals surface area (Å²) in [6, 6.07) is 8.30. The highest BCUT2D eigenvalue weighted by Crippen LogP contribution is 2.24. The zero-order valence-corrected chi connectivity index (χ0v) is 21.2. The molecular formula is C24H29ClN4O5S. The molecule has 2 fully saturated rings. The van der Waals surface area contributed by atoms with Crippen LogP contribution in [0, 0.1) is 0 Å². The fourth-order valence-electron chi connectivity index (χ4n) is 4.74. The van der Waals surface area contributed by atoms with E-state index in [1.807, 2.05) is 0 Å². The maximum absolute atomic E-state index is 13.0. The maximum Gasteiger partial charge on any atom is 0.245 e. The van der Waals surface area contributed by atoms with Gasteiger partial charge in [0.15, 0.2) is 0 Å². The molecular weight excluding hydrogens is 492 g/mol. The Morgan fingerprint density at radius 2 is 1.69 bits per heavy atom. The van der Waals surface area contributed by atoms with Crippen LogP contribution in [-0.4, -0.2) is 73.7 Å². The van der Waals surface area contributed by atoms with Gasteiger partial charge in [-0.15, -0.1) is 0 Å². The van der Waals surface area contributed by atoms with Crippen LogP contribution in [0.25, 0.3) is 10.8 Å². The van der Waals surface area contributed by atoms with Crippen molar-refractivity contribution in [2.75, 3.05) is 19.6 Å². The number of sulfonamides is 1. The monoisotopic (exact) mass is 520 g/mol. The van der Waals surface area contributed by atoms with Gasteiger partial charge in [0.2, 0.25) is 27.7 Å². The fourth-order valence-corrected chi connectivity index (χ4v) is 6.18. The van der Waals surface area contributed by atoms with Crippen LogP contribution in [0.5, 0.6) is 0 Å². The highest BCUT2D eigenvalue weighted by atomic mass is 35.5. The number of nitrogens with one attached hydrogen (secondary N) is 2. The van der Waals surface area contributed by atoms with Crippen molar-refractivity contribution >= 4 is 50.1 Å². The number of amides is 3. The number of likely N-dealkylation sites (tertiary alicyclic amines) is 2. The van der Waals surface area contributed by atoms with Crippen LogP contribution in [-0.2, 0) is 24.4 Å². The average molecular weight is 521 g/mol. The second-order valence-corrected chi connectivity index (χ2v) is 11.3. The normalized spacial score (nSPS) is 20.3. The number of piperidine rings is 1. The lowest BCUT2D eigenvalue weighted by Gasteiger charge is -2.35. The molecule has 0 aliphatic carbocycles. The summed E-state index contributed by atoms with van der Waals surface area (Å²) in [5, 5.41) is 4.97. The van der Waals surface area contributed by atoms with E-state index in [1.165, 1.54) is 17.9 Å². The molecule has 2 aromatic rings. The van der Waals surface area contributed by atoms with Gasteiger partial charge < -0.3 is 15.1 Å². The number of halogens is 1. The number of benzene rings is 2. The summed E-state index contributed by atoms with van der Waals surface area (Å²) in [6.07, 6.45) is 1.60. The highest BCUT2D eigenvalue weighted by molar-refractivity contribution is 7.89. The molecule has 2 aliphatic heterocycles. The second kappa shape index (κ2) is 10.1. The van der Waals surface area contributed by atoms with Crippen LogP contribution in [0.4, 0.5) is 0 Å². The first-order valence-electron chi connectivity index (χ1n) is 11.6.